The fourth-order valence-corrected chi connectivity index (χ4v) is 5.10. The van der Waals surface area contributed by atoms with Gasteiger partial charge in [-0.05, 0) is 72.7 Å². The van der Waals surface area contributed by atoms with Gasteiger partial charge in [-0.2, -0.15) is 0 Å². The van der Waals surface area contributed by atoms with Gasteiger partial charge in [-0.15, -0.1) is 0 Å². The first kappa shape index (κ1) is 32.4. The number of hydrogen-bond acceptors (Lipinski definition) is 8. The number of fused-ring (bicyclic) bond motifs is 1. The number of amides is 1. The number of aliphatic hydroxyl groups is 1. The first-order valence-corrected chi connectivity index (χ1v) is 15.0. The number of carboxylic acid groups (broad SMARTS) is 1. The average Bonchev–Trinajstić information content (AvgIpc) is 3.83. The third kappa shape index (κ3) is 7.98. The van der Waals surface area contributed by atoms with Crippen LogP contribution in [0.4, 0.5) is 10.1 Å². The first-order chi connectivity index (χ1) is 22.2. The normalized spacial score (nSPS) is 13.1. The molecule has 0 bridgehead atoms. The third-order valence-electron chi connectivity index (χ3n) is 7.56. The van der Waals surface area contributed by atoms with E-state index in [1.165, 1.54) is 12.1 Å². The molecular formula is C35H35FN2O8. The van der Waals surface area contributed by atoms with Crippen LogP contribution in [0.2, 0.25) is 0 Å². The lowest BCUT2D eigenvalue weighted by molar-refractivity contribution is -0.146. The van der Waals surface area contributed by atoms with Crippen LogP contribution >= 0.6 is 0 Å². The molecule has 11 heteroatoms. The number of carbonyl (C=O) groups is 3. The molecule has 0 atom stereocenters. The van der Waals surface area contributed by atoms with Crippen LogP contribution in [0.5, 0.6) is 0 Å². The zero-order valence-corrected chi connectivity index (χ0v) is 25.3. The number of rotatable bonds is 16. The summed E-state index contributed by atoms with van der Waals surface area (Å²) in [6, 6.07) is 16.5. The van der Waals surface area contributed by atoms with E-state index in [4.69, 9.17) is 19.0 Å². The van der Waals surface area contributed by atoms with Crippen molar-refractivity contribution in [1.29, 1.82) is 0 Å². The lowest BCUT2D eigenvalue weighted by atomic mass is 10.0. The number of aliphatic carboxylic acids is 1. The van der Waals surface area contributed by atoms with Gasteiger partial charge in [0, 0.05) is 54.5 Å². The van der Waals surface area contributed by atoms with Crippen LogP contribution in [0.25, 0.3) is 28.1 Å². The highest BCUT2D eigenvalue weighted by Crippen LogP contribution is 2.46. The van der Waals surface area contributed by atoms with E-state index in [0.29, 0.717) is 66.4 Å². The van der Waals surface area contributed by atoms with Crippen molar-refractivity contribution < 1.29 is 42.9 Å². The Morgan fingerprint density at radius 1 is 1.00 bits per heavy atom. The molecule has 4 aromatic rings. The highest BCUT2D eigenvalue weighted by Gasteiger charge is 2.29. The second-order valence-electron chi connectivity index (χ2n) is 10.9. The largest absolute Gasteiger partial charge is 0.507 e. The quantitative estimate of drug-likeness (QED) is 0.0502. The maximum Gasteiger partial charge on any atom is 0.376 e. The van der Waals surface area contributed by atoms with Gasteiger partial charge in [0.1, 0.15) is 22.9 Å². The van der Waals surface area contributed by atoms with Gasteiger partial charge in [0.2, 0.25) is 0 Å². The molecule has 1 aliphatic rings. The molecule has 1 heterocycles. The predicted octanol–water partition coefficient (Wildman–Crippen LogP) is 6.06. The van der Waals surface area contributed by atoms with Gasteiger partial charge in [0.05, 0.1) is 25.4 Å². The van der Waals surface area contributed by atoms with Gasteiger partial charge in [-0.25, -0.2) is 9.18 Å². The SMILES string of the molecule is CNC(=O)c1c(-c2ccc(F)cc2)oc2cc(NCCCOCCOCc3cccc(C(O)=CC(=O)C(=O)O)c3)c(C3CC3)cc12. The summed E-state index contributed by atoms with van der Waals surface area (Å²) in [5.41, 5.74) is 4.78. The predicted molar refractivity (Wildman–Crippen MR) is 170 cm³/mol. The molecule has 0 saturated heterocycles. The van der Waals surface area contributed by atoms with E-state index in [1.807, 2.05) is 12.1 Å². The van der Waals surface area contributed by atoms with Gasteiger partial charge in [-0.1, -0.05) is 18.2 Å². The van der Waals surface area contributed by atoms with Crippen LogP contribution in [0.15, 0.2) is 71.2 Å². The van der Waals surface area contributed by atoms with Crippen LogP contribution in [0, 0.1) is 5.82 Å². The highest BCUT2D eigenvalue weighted by atomic mass is 19.1. The number of furan rings is 1. The first-order valence-electron chi connectivity index (χ1n) is 15.0. The summed E-state index contributed by atoms with van der Waals surface area (Å²) in [5, 5.41) is 25.6. The van der Waals surface area contributed by atoms with Crippen LogP contribution in [0.1, 0.15) is 52.2 Å². The Labute approximate surface area is 264 Å². The summed E-state index contributed by atoms with van der Waals surface area (Å²) < 4.78 is 31.1. The van der Waals surface area contributed by atoms with Crippen LogP contribution in [-0.4, -0.2) is 61.3 Å². The van der Waals surface area contributed by atoms with Crippen LogP contribution in [0.3, 0.4) is 0 Å². The fourth-order valence-electron chi connectivity index (χ4n) is 5.10. The van der Waals surface area contributed by atoms with Crippen molar-refractivity contribution in [2.75, 3.05) is 38.7 Å². The molecule has 3 aromatic carbocycles. The number of hydrogen-bond donors (Lipinski definition) is 4. The van der Waals surface area contributed by atoms with E-state index < -0.39 is 17.5 Å². The van der Waals surface area contributed by atoms with Crippen molar-refractivity contribution in [3.8, 4) is 11.3 Å². The molecule has 0 radical (unpaired) electrons. The highest BCUT2D eigenvalue weighted by molar-refractivity contribution is 6.38. The fraction of sp³-hybridized carbons (Fsp3) is 0.286. The maximum absolute atomic E-state index is 13.6. The molecule has 4 N–H and O–H groups in total. The van der Waals surface area contributed by atoms with E-state index >= 15 is 0 Å². The Morgan fingerprint density at radius 3 is 2.48 bits per heavy atom. The summed E-state index contributed by atoms with van der Waals surface area (Å²) in [4.78, 5) is 34.9. The standard InChI is InChI=1S/C35H35FN2O8/c1-37-34(41)32-27-17-26(22-6-7-22)28(18-31(27)46-33(32)23-8-10-25(36)11-9-23)38-12-3-13-44-14-15-45-20-21-4-2-5-24(16-21)29(39)19-30(40)35(42)43/h2,4-5,8-11,16-19,22,38-39H,3,6-7,12-15,20H2,1H3,(H,37,41)(H,42,43). The van der Waals surface area contributed by atoms with Crippen molar-refractivity contribution >= 4 is 40.1 Å². The van der Waals surface area contributed by atoms with Crippen molar-refractivity contribution in [1.82, 2.24) is 5.32 Å². The van der Waals surface area contributed by atoms with Gasteiger partial charge in [0.25, 0.3) is 11.7 Å². The van der Waals surface area contributed by atoms with E-state index in [1.54, 1.807) is 43.4 Å². The number of ketones is 1. The minimum atomic E-state index is -1.64. The van der Waals surface area contributed by atoms with E-state index in [0.717, 1.165) is 41.5 Å². The Morgan fingerprint density at radius 2 is 1.76 bits per heavy atom. The minimum Gasteiger partial charge on any atom is -0.507 e. The molecule has 240 valence electrons. The summed E-state index contributed by atoms with van der Waals surface area (Å²) in [5.74, 6) is -3.10. The molecule has 0 unspecified atom stereocenters. The van der Waals surface area contributed by atoms with E-state index in [-0.39, 0.29) is 18.3 Å². The van der Waals surface area contributed by atoms with Gasteiger partial charge < -0.3 is 34.7 Å². The topological polar surface area (TPSA) is 147 Å². The summed E-state index contributed by atoms with van der Waals surface area (Å²) in [6.07, 6.45) is 3.57. The van der Waals surface area contributed by atoms with Gasteiger partial charge >= 0.3 is 5.97 Å². The monoisotopic (exact) mass is 630 g/mol. The van der Waals surface area contributed by atoms with Crippen molar-refractivity contribution in [3.05, 3.63) is 94.8 Å². The number of anilines is 1. The number of carbonyl (C=O) groups excluding carboxylic acids is 2. The molecule has 5 rings (SSSR count). The number of benzene rings is 3. The minimum absolute atomic E-state index is 0.253. The van der Waals surface area contributed by atoms with Crippen LogP contribution in [-0.2, 0) is 25.7 Å². The zero-order valence-electron chi connectivity index (χ0n) is 25.3. The summed E-state index contributed by atoms with van der Waals surface area (Å²) in [6.45, 7) is 2.16. The second kappa shape index (κ2) is 14.9. The molecule has 1 amide bonds. The molecule has 0 spiro atoms. The second-order valence-corrected chi connectivity index (χ2v) is 10.9. The molecule has 10 nitrogen and oxygen atoms in total. The Bertz CT molecular complexity index is 1760. The smallest absolute Gasteiger partial charge is 0.376 e. The van der Waals surface area contributed by atoms with Crippen molar-refractivity contribution in [2.24, 2.45) is 0 Å². The van der Waals surface area contributed by atoms with Crippen molar-refractivity contribution in [2.45, 2.75) is 31.8 Å². The Hall–Kier alpha value is -5.00. The molecule has 1 saturated carbocycles. The number of carboxylic acids is 1. The number of nitrogens with one attached hydrogen (secondary N) is 2. The Balaban J connectivity index is 1.12. The Kier molecular flexibility index (Phi) is 10.5. The van der Waals surface area contributed by atoms with E-state index in [2.05, 4.69) is 10.6 Å². The lowest BCUT2D eigenvalue weighted by Gasteiger charge is -2.12. The van der Waals surface area contributed by atoms with E-state index in [9.17, 15) is 23.9 Å². The number of ether oxygens (including phenoxy) is 2. The number of aliphatic hydroxyl groups excluding tert-OH is 1. The third-order valence-corrected chi connectivity index (χ3v) is 7.56. The van der Waals surface area contributed by atoms with Gasteiger partial charge in [0.15, 0.2) is 0 Å². The molecular weight excluding hydrogens is 595 g/mol. The average molecular weight is 631 g/mol. The van der Waals surface area contributed by atoms with Gasteiger partial charge in [-0.3, -0.25) is 9.59 Å². The number of halogens is 1. The zero-order chi connectivity index (χ0) is 32.6. The maximum atomic E-state index is 13.6. The molecule has 46 heavy (non-hydrogen) atoms. The van der Waals surface area contributed by atoms with Crippen molar-refractivity contribution in [3.63, 3.8) is 0 Å². The van der Waals surface area contributed by atoms with Crippen LogP contribution < -0.4 is 10.6 Å². The molecule has 1 aromatic heterocycles. The molecule has 0 aliphatic heterocycles. The molecule has 1 aliphatic carbocycles. The molecule has 1 fully saturated rings. The lowest BCUT2D eigenvalue weighted by Crippen LogP contribution is -2.18. The summed E-state index contributed by atoms with van der Waals surface area (Å²) in [7, 11) is 1.57. The summed E-state index contributed by atoms with van der Waals surface area (Å²) >= 11 is 0.